The lowest BCUT2D eigenvalue weighted by Crippen LogP contribution is -2.41. The van der Waals surface area contributed by atoms with Gasteiger partial charge in [-0.05, 0) is 49.5 Å². The molecule has 5 heteroatoms. The van der Waals surface area contributed by atoms with Crippen LogP contribution in [-0.4, -0.2) is 68.2 Å². The smallest absolute Gasteiger partial charge is 0.251 e. The quantitative estimate of drug-likeness (QED) is 0.856. The highest BCUT2D eigenvalue weighted by Gasteiger charge is 2.16. The first-order chi connectivity index (χ1) is 12.2. The Kier molecular flexibility index (Phi) is 6.84. The summed E-state index contributed by atoms with van der Waals surface area (Å²) in [4.78, 5) is 17.1. The number of piperidine rings is 1. The van der Waals surface area contributed by atoms with Crippen molar-refractivity contribution in [3.63, 3.8) is 0 Å². The maximum Gasteiger partial charge on any atom is 0.251 e. The summed E-state index contributed by atoms with van der Waals surface area (Å²) in [5, 5.41) is 3.02. The molecule has 0 aliphatic carbocycles. The van der Waals surface area contributed by atoms with E-state index in [1.807, 2.05) is 12.1 Å². The van der Waals surface area contributed by atoms with Crippen molar-refractivity contribution in [1.29, 1.82) is 0 Å². The number of nitrogens with zero attached hydrogens (tertiary/aromatic N) is 2. The highest BCUT2D eigenvalue weighted by molar-refractivity contribution is 5.94. The van der Waals surface area contributed by atoms with E-state index >= 15 is 0 Å². The minimum atomic E-state index is 0.0200. The summed E-state index contributed by atoms with van der Waals surface area (Å²) in [5.74, 6) is 0.881. The van der Waals surface area contributed by atoms with E-state index in [0.717, 1.165) is 50.9 Å². The zero-order chi connectivity index (χ0) is 17.5. The predicted octanol–water partition coefficient (Wildman–Crippen LogP) is 1.98. The Balaban J connectivity index is 1.40. The van der Waals surface area contributed by atoms with Crippen molar-refractivity contribution in [2.45, 2.75) is 26.3 Å². The molecule has 0 saturated carbocycles. The lowest BCUT2D eigenvalue weighted by atomic mass is 9.99. The third-order valence-electron chi connectivity index (χ3n) is 5.32. The molecule has 2 aliphatic heterocycles. The molecule has 2 saturated heterocycles. The van der Waals surface area contributed by atoms with Gasteiger partial charge in [-0.15, -0.1) is 0 Å². The number of amides is 1. The second kappa shape index (κ2) is 9.32. The molecular weight excluding hydrogens is 314 g/mol. The zero-order valence-electron chi connectivity index (χ0n) is 15.4. The van der Waals surface area contributed by atoms with Gasteiger partial charge < -0.3 is 10.1 Å². The standard InChI is InChI=1S/C20H31N3O2/c1-17-6-9-23(10-7-17)16-18-2-4-19(5-3-18)20(24)21-8-11-22-12-14-25-15-13-22/h2-5,17H,6-16H2,1H3,(H,21,24). The van der Waals surface area contributed by atoms with Crippen molar-refractivity contribution >= 4 is 5.91 Å². The molecule has 5 nitrogen and oxygen atoms in total. The fourth-order valence-electron chi connectivity index (χ4n) is 3.49. The summed E-state index contributed by atoms with van der Waals surface area (Å²) in [7, 11) is 0. The van der Waals surface area contributed by atoms with E-state index in [1.165, 1.54) is 31.5 Å². The second-order valence-electron chi connectivity index (χ2n) is 7.37. The van der Waals surface area contributed by atoms with Gasteiger partial charge in [0.05, 0.1) is 13.2 Å². The minimum Gasteiger partial charge on any atom is -0.379 e. The molecule has 1 amide bonds. The van der Waals surface area contributed by atoms with Crippen molar-refractivity contribution in [3.05, 3.63) is 35.4 Å². The topological polar surface area (TPSA) is 44.8 Å². The zero-order valence-corrected chi connectivity index (χ0v) is 15.4. The molecule has 1 aromatic carbocycles. The summed E-state index contributed by atoms with van der Waals surface area (Å²) >= 11 is 0. The average Bonchev–Trinajstić information content (AvgIpc) is 2.65. The van der Waals surface area contributed by atoms with Crippen molar-refractivity contribution in [3.8, 4) is 0 Å². The number of rotatable bonds is 6. The van der Waals surface area contributed by atoms with Gasteiger partial charge in [-0.3, -0.25) is 14.6 Å². The normalized spacial score (nSPS) is 20.5. The molecular formula is C20H31N3O2. The number of carbonyl (C=O) groups is 1. The first kappa shape index (κ1) is 18.4. The van der Waals surface area contributed by atoms with Crippen LogP contribution in [-0.2, 0) is 11.3 Å². The molecule has 3 rings (SSSR count). The molecule has 2 aliphatic rings. The van der Waals surface area contributed by atoms with Gasteiger partial charge in [0, 0.05) is 38.3 Å². The van der Waals surface area contributed by atoms with Crippen LogP contribution < -0.4 is 5.32 Å². The molecule has 0 bridgehead atoms. The molecule has 0 radical (unpaired) electrons. The van der Waals surface area contributed by atoms with Crippen LogP contribution in [0.3, 0.4) is 0 Å². The number of hydrogen-bond donors (Lipinski definition) is 1. The van der Waals surface area contributed by atoms with E-state index in [0.29, 0.717) is 6.54 Å². The lowest BCUT2D eigenvalue weighted by Gasteiger charge is -2.30. The average molecular weight is 345 g/mol. The Labute approximate surface area is 151 Å². The van der Waals surface area contributed by atoms with E-state index in [9.17, 15) is 4.79 Å². The van der Waals surface area contributed by atoms with E-state index in [1.54, 1.807) is 0 Å². The molecule has 0 atom stereocenters. The summed E-state index contributed by atoms with van der Waals surface area (Å²) < 4.78 is 5.33. The number of ether oxygens (including phenoxy) is 1. The number of morpholine rings is 1. The SMILES string of the molecule is CC1CCN(Cc2ccc(C(=O)NCCN3CCOCC3)cc2)CC1. The maximum absolute atomic E-state index is 12.3. The Hall–Kier alpha value is -1.43. The van der Waals surface area contributed by atoms with Gasteiger partial charge in [-0.25, -0.2) is 0 Å². The minimum absolute atomic E-state index is 0.0200. The Morgan fingerprint density at radius 2 is 1.76 bits per heavy atom. The second-order valence-corrected chi connectivity index (χ2v) is 7.37. The van der Waals surface area contributed by atoms with Crippen LogP contribution in [0.25, 0.3) is 0 Å². The molecule has 25 heavy (non-hydrogen) atoms. The van der Waals surface area contributed by atoms with Crippen LogP contribution in [0, 0.1) is 5.92 Å². The van der Waals surface area contributed by atoms with Crippen molar-refractivity contribution < 1.29 is 9.53 Å². The van der Waals surface area contributed by atoms with Gasteiger partial charge in [0.25, 0.3) is 5.91 Å². The third-order valence-corrected chi connectivity index (χ3v) is 5.32. The molecule has 2 fully saturated rings. The summed E-state index contributed by atoms with van der Waals surface area (Å²) in [6, 6.07) is 8.09. The lowest BCUT2D eigenvalue weighted by molar-refractivity contribution is 0.0383. The number of benzene rings is 1. The van der Waals surface area contributed by atoms with Crippen molar-refractivity contribution in [2.24, 2.45) is 5.92 Å². The first-order valence-corrected chi connectivity index (χ1v) is 9.60. The molecule has 0 spiro atoms. The Bertz CT molecular complexity index is 532. The first-order valence-electron chi connectivity index (χ1n) is 9.60. The van der Waals surface area contributed by atoms with Crippen LogP contribution in [0.1, 0.15) is 35.7 Å². The predicted molar refractivity (Wildman–Crippen MR) is 99.7 cm³/mol. The highest BCUT2D eigenvalue weighted by Crippen LogP contribution is 2.18. The van der Waals surface area contributed by atoms with Crippen molar-refractivity contribution in [1.82, 2.24) is 15.1 Å². The third kappa shape index (κ3) is 5.80. The molecule has 2 heterocycles. The highest BCUT2D eigenvalue weighted by atomic mass is 16.5. The van der Waals surface area contributed by atoms with Crippen LogP contribution in [0.2, 0.25) is 0 Å². The number of carbonyl (C=O) groups excluding carboxylic acids is 1. The fraction of sp³-hybridized carbons (Fsp3) is 0.650. The van der Waals surface area contributed by atoms with Crippen LogP contribution >= 0.6 is 0 Å². The summed E-state index contributed by atoms with van der Waals surface area (Å²) in [6.45, 7) is 10.8. The van der Waals surface area contributed by atoms with Crippen LogP contribution in [0.4, 0.5) is 0 Å². The Morgan fingerprint density at radius 3 is 2.44 bits per heavy atom. The van der Waals surface area contributed by atoms with Crippen molar-refractivity contribution in [2.75, 3.05) is 52.5 Å². The molecule has 138 valence electrons. The largest absolute Gasteiger partial charge is 0.379 e. The van der Waals surface area contributed by atoms with E-state index < -0.39 is 0 Å². The fourth-order valence-corrected chi connectivity index (χ4v) is 3.49. The van der Waals surface area contributed by atoms with Gasteiger partial charge in [0.15, 0.2) is 0 Å². The van der Waals surface area contributed by atoms with Gasteiger partial charge in [0.2, 0.25) is 0 Å². The molecule has 0 aromatic heterocycles. The van der Waals surface area contributed by atoms with Gasteiger partial charge in [-0.1, -0.05) is 19.1 Å². The number of likely N-dealkylation sites (tertiary alicyclic amines) is 1. The molecule has 0 unspecified atom stereocenters. The van der Waals surface area contributed by atoms with E-state index in [4.69, 9.17) is 4.74 Å². The van der Waals surface area contributed by atoms with E-state index in [-0.39, 0.29) is 5.91 Å². The summed E-state index contributed by atoms with van der Waals surface area (Å²) in [6.07, 6.45) is 2.59. The summed E-state index contributed by atoms with van der Waals surface area (Å²) in [5.41, 5.74) is 2.04. The maximum atomic E-state index is 12.3. The molecule has 1 N–H and O–H groups in total. The van der Waals surface area contributed by atoms with Gasteiger partial charge >= 0.3 is 0 Å². The number of nitrogens with one attached hydrogen (secondary N) is 1. The monoisotopic (exact) mass is 345 g/mol. The van der Waals surface area contributed by atoms with Crippen LogP contribution in [0.15, 0.2) is 24.3 Å². The molecule has 1 aromatic rings. The van der Waals surface area contributed by atoms with Gasteiger partial charge in [-0.2, -0.15) is 0 Å². The van der Waals surface area contributed by atoms with E-state index in [2.05, 4.69) is 34.2 Å². The Morgan fingerprint density at radius 1 is 1.08 bits per heavy atom. The van der Waals surface area contributed by atoms with Crippen LogP contribution in [0.5, 0.6) is 0 Å². The van der Waals surface area contributed by atoms with Gasteiger partial charge in [0.1, 0.15) is 0 Å². The number of hydrogen-bond acceptors (Lipinski definition) is 4.